The smallest absolute Gasteiger partial charge is 0.264 e. The van der Waals surface area contributed by atoms with Crippen LogP contribution in [0.1, 0.15) is 6.92 Å². The van der Waals surface area contributed by atoms with Gasteiger partial charge in [0.05, 0.1) is 10.6 Å². The number of nitrogens with zero attached hydrogens (tertiary/aromatic N) is 1. The number of benzene rings is 3. The normalized spacial score (nSPS) is 11.6. The van der Waals surface area contributed by atoms with E-state index >= 15 is 0 Å². The topological polar surface area (TPSA) is 37.4 Å². The van der Waals surface area contributed by atoms with Crippen LogP contribution in [-0.4, -0.2) is 15.0 Å². The predicted octanol–water partition coefficient (Wildman–Crippen LogP) is 4.19. The Kier molecular flexibility index (Phi) is 4.05. The summed E-state index contributed by atoms with van der Waals surface area (Å²) in [5.41, 5.74) is 0.446. The molecule has 0 radical (unpaired) electrons. The quantitative estimate of drug-likeness (QED) is 0.719. The zero-order chi connectivity index (χ0) is 16.4. The Morgan fingerprint density at radius 1 is 0.913 bits per heavy atom. The average molecular weight is 329 g/mol. The van der Waals surface area contributed by atoms with Gasteiger partial charge in [0.1, 0.15) is 5.82 Å². The predicted molar refractivity (Wildman–Crippen MR) is 90.6 cm³/mol. The van der Waals surface area contributed by atoms with Crippen molar-refractivity contribution < 1.29 is 12.8 Å². The Morgan fingerprint density at radius 2 is 1.57 bits per heavy atom. The van der Waals surface area contributed by atoms with Gasteiger partial charge in [-0.15, -0.1) is 0 Å². The van der Waals surface area contributed by atoms with E-state index in [1.807, 2.05) is 24.3 Å². The summed E-state index contributed by atoms with van der Waals surface area (Å²) in [7, 11) is -3.70. The molecular formula is C18H16FNO2S. The van der Waals surface area contributed by atoms with Crippen molar-refractivity contribution in [3.05, 3.63) is 72.5 Å². The molecule has 0 aliphatic rings. The third kappa shape index (κ3) is 2.92. The van der Waals surface area contributed by atoms with Crippen LogP contribution in [0.2, 0.25) is 0 Å². The van der Waals surface area contributed by atoms with Crippen molar-refractivity contribution >= 4 is 26.5 Å². The molecule has 0 aliphatic heterocycles. The Morgan fingerprint density at radius 3 is 2.22 bits per heavy atom. The molecule has 0 spiro atoms. The lowest BCUT2D eigenvalue weighted by Crippen LogP contribution is -2.30. The van der Waals surface area contributed by atoms with Gasteiger partial charge in [0.25, 0.3) is 10.0 Å². The molecule has 5 heteroatoms. The highest BCUT2D eigenvalue weighted by molar-refractivity contribution is 7.92. The van der Waals surface area contributed by atoms with Crippen LogP contribution < -0.4 is 4.31 Å². The molecule has 0 bridgehead atoms. The molecule has 0 aliphatic carbocycles. The summed E-state index contributed by atoms with van der Waals surface area (Å²) in [4.78, 5) is 0.224. The number of sulfonamides is 1. The van der Waals surface area contributed by atoms with Gasteiger partial charge < -0.3 is 0 Å². The van der Waals surface area contributed by atoms with E-state index < -0.39 is 15.8 Å². The molecule has 118 valence electrons. The number of hydrogen-bond acceptors (Lipinski definition) is 2. The van der Waals surface area contributed by atoms with E-state index in [-0.39, 0.29) is 11.4 Å². The highest BCUT2D eigenvalue weighted by Crippen LogP contribution is 2.26. The van der Waals surface area contributed by atoms with Crippen molar-refractivity contribution in [3.63, 3.8) is 0 Å². The first kappa shape index (κ1) is 15.5. The molecule has 0 saturated heterocycles. The second-order valence-corrected chi connectivity index (χ2v) is 7.02. The highest BCUT2D eigenvalue weighted by atomic mass is 32.2. The summed E-state index contributed by atoms with van der Waals surface area (Å²) in [6.07, 6.45) is 0. The fraction of sp³-hybridized carbons (Fsp3) is 0.111. The van der Waals surface area contributed by atoms with Crippen molar-refractivity contribution in [1.29, 1.82) is 0 Å². The van der Waals surface area contributed by atoms with Gasteiger partial charge in [-0.05, 0) is 54.1 Å². The van der Waals surface area contributed by atoms with E-state index in [9.17, 15) is 12.8 Å². The summed E-state index contributed by atoms with van der Waals surface area (Å²) in [6, 6.07) is 18.1. The molecule has 0 N–H and O–H groups in total. The van der Waals surface area contributed by atoms with Gasteiger partial charge in [0.2, 0.25) is 0 Å². The third-order valence-electron chi connectivity index (χ3n) is 3.71. The molecule has 3 rings (SSSR count). The Bertz CT molecular complexity index is 937. The molecule has 3 aromatic rings. The van der Waals surface area contributed by atoms with Gasteiger partial charge >= 0.3 is 0 Å². The minimum Gasteiger partial charge on any atom is -0.267 e. The Balaban J connectivity index is 2.08. The number of fused-ring (bicyclic) bond motifs is 1. The first-order valence-corrected chi connectivity index (χ1v) is 8.73. The molecule has 0 atom stereocenters. The van der Waals surface area contributed by atoms with E-state index in [0.29, 0.717) is 5.69 Å². The highest BCUT2D eigenvalue weighted by Gasteiger charge is 2.23. The number of halogens is 1. The lowest BCUT2D eigenvalue weighted by atomic mass is 10.1. The first-order valence-electron chi connectivity index (χ1n) is 7.29. The molecule has 0 saturated carbocycles. The fourth-order valence-corrected chi connectivity index (χ4v) is 4.06. The molecule has 0 fully saturated rings. The molecule has 3 aromatic carbocycles. The fourth-order valence-electron chi connectivity index (χ4n) is 2.55. The molecule has 3 nitrogen and oxygen atoms in total. The van der Waals surface area contributed by atoms with Gasteiger partial charge in [-0.25, -0.2) is 12.8 Å². The van der Waals surface area contributed by atoms with Crippen molar-refractivity contribution in [2.45, 2.75) is 11.8 Å². The molecule has 0 amide bonds. The van der Waals surface area contributed by atoms with Gasteiger partial charge in [0.15, 0.2) is 0 Å². The Labute approximate surface area is 135 Å². The summed E-state index contributed by atoms with van der Waals surface area (Å²) >= 11 is 0. The van der Waals surface area contributed by atoms with E-state index in [2.05, 4.69) is 0 Å². The van der Waals surface area contributed by atoms with E-state index in [0.717, 1.165) is 10.8 Å². The van der Waals surface area contributed by atoms with Crippen LogP contribution in [0.25, 0.3) is 10.8 Å². The minimum atomic E-state index is -3.70. The monoisotopic (exact) mass is 329 g/mol. The van der Waals surface area contributed by atoms with Crippen molar-refractivity contribution in [2.24, 2.45) is 0 Å². The number of anilines is 1. The summed E-state index contributed by atoms with van der Waals surface area (Å²) in [6.45, 7) is 2.02. The zero-order valence-corrected chi connectivity index (χ0v) is 13.4. The largest absolute Gasteiger partial charge is 0.267 e. The van der Waals surface area contributed by atoms with Gasteiger partial charge in [-0.2, -0.15) is 0 Å². The Hall–Kier alpha value is -2.40. The van der Waals surface area contributed by atoms with Crippen LogP contribution in [0, 0.1) is 5.82 Å². The van der Waals surface area contributed by atoms with Crippen molar-refractivity contribution in [1.82, 2.24) is 0 Å². The third-order valence-corrected chi connectivity index (χ3v) is 5.61. The zero-order valence-electron chi connectivity index (χ0n) is 12.6. The van der Waals surface area contributed by atoms with Crippen LogP contribution in [0.3, 0.4) is 0 Å². The van der Waals surface area contributed by atoms with Gasteiger partial charge in [-0.3, -0.25) is 4.31 Å². The number of hydrogen-bond donors (Lipinski definition) is 0. The summed E-state index contributed by atoms with van der Waals surface area (Å²) < 4.78 is 40.2. The standard InChI is InChI=1S/C18H16FNO2S/c1-2-20(17-10-8-16(19)9-11-17)23(21,22)18-12-7-14-5-3-4-6-15(14)13-18/h3-13H,2H2,1H3. The molecule has 0 aromatic heterocycles. The molecule has 0 unspecified atom stereocenters. The maximum atomic E-state index is 13.1. The van der Waals surface area contributed by atoms with Crippen molar-refractivity contribution in [2.75, 3.05) is 10.8 Å². The average Bonchev–Trinajstić information content (AvgIpc) is 2.56. The number of rotatable bonds is 4. The van der Waals surface area contributed by atoms with E-state index in [1.54, 1.807) is 25.1 Å². The van der Waals surface area contributed by atoms with Crippen LogP contribution >= 0.6 is 0 Å². The first-order chi connectivity index (χ1) is 11.0. The van der Waals surface area contributed by atoms with E-state index in [4.69, 9.17) is 0 Å². The summed E-state index contributed by atoms with van der Waals surface area (Å²) in [5, 5.41) is 1.85. The maximum Gasteiger partial charge on any atom is 0.264 e. The lowest BCUT2D eigenvalue weighted by Gasteiger charge is -2.23. The molecular weight excluding hydrogens is 313 g/mol. The second kappa shape index (κ2) is 6.01. The van der Waals surface area contributed by atoms with E-state index in [1.165, 1.54) is 28.6 Å². The van der Waals surface area contributed by atoms with Gasteiger partial charge in [0, 0.05) is 6.54 Å². The summed E-state index contributed by atoms with van der Waals surface area (Å²) in [5.74, 6) is -0.395. The minimum absolute atomic E-state index is 0.224. The van der Waals surface area contributed by atoms with Crippen LogP contribution in [0.4, 0.5) is 10.1 Å². The van der Waals surface area contributed by atoms with Crippen LogP contribution in [-0.2, 0) is 10.0 Å². The SMILES string of the molecule is CCN(c1ccc(F)cc1)S(=O)(=O)c1ccc2ccccc2c1. The second-order valence-electron chi connectivity index (χ2n) is 5.16. The maximum absolute atomic E-state index is 13.1. The molecule has 23 heavy (non-hydrogen) atoms. The van der Waals surface area contributed by atoms with Crippen molar-refractivity contribution in [3.8, 4) is 0 Å². The molecule has 0 heterocycles. The van der Waals surface area contributed by atoms with Gasteiger partial charge in [-0.1, -0.05) is 30.3 Å². The van der Waals surface area contributed by atoms with Crippen LogP contribution in [0.15, 0.2) is 71.6 Å². The van der Waals surface area contributed by atoms with Crippen LogP contribution in [0.5, 0.6) is 0 Å². The lowest BCUT2D eigenvalue weighted by molar-refractivity contribution is 0.591.